The van der Waals surface area contributed by atoms with E-state index in [-0.39, 0.29) is 5.97 Å². The number of nitrogens with zero attached hydrogens (tertiary/aromatic N) is 3. The summed E-state index contributed by atoms with van der Waals surface area (Å²) in [5.74, 6) is -0.321. The van der Waals surface area contributed by atoms with E-state index in [1.54, 1.807) is 37.8 Å². The lowest BCUT2D eigenvalue weighted by molar-refractivity contribution is -0.138. The Morgan fingerprint density at radius 2 is 2.43 bits per heavy atom. The average molecular weight is 195 g/mol. The van der Waals surface area contributed by atoms with Gasteiger partial charge in [-0.05, 0) is 19.9 Å². The summed E-state index contributed by atoms with van der Waals surface area (Å²) in [5, 5.41) is 7.57. The van der Waals surface area contributed by atoms with Crippen molar-refractivity contribution in [3.63, 3.8) is 0 Å². The van der Waals surface area contributed by atoms with Gasteiger partial charge in [-0.3, -0.25) is 4.68 Å². The fourth-order valence-electron chi connectivity index (χ4n) is 0.957. The van der Waals surface area contributed by atoms with Crippen molar-refractivity contribution in [3.8, 4) is 0 Å². The van der Waals surface area contributed by atoms with E-state index in [4.69, 9.17) is 4.74 Å². The first-order valence-corrected chi connectivity index (χ1v) is 4.35. The van der Waals surface area contributed by atoms with E-state index in [1.807, 2.05) is 0 Å². The van der Waals surface area contributed by atoms with Gasteiger partial charge in [-0.2, -0.15) is 0 Å². The lowest BCUT2D eigenvalue weighted by atomic mass is 10.2. The number of hydrogen-bond donors (Lipinski definition) is 0. The number of ether oxygens (including phenoxy) is 1. The van der Waals surface area contributed by atoms with Crippen LogP contribution in [0.5, 0.6) is 0 Å². The molecule has 0 saturated heterocycles. The lowest BCUT2D eigenvalue weighted by Crippen LogP contribution is -2.04. The van der Waals surface area contributed by atoms with E-state index in [2.05, 4.69) is 10.3 Å². The minimum atomic E-state index is -0.321. The van der Waals surface area contributed by atoms with Crippen molar-refractivity contribution >= 4 is 12.0 Å². The van der Waals surface area contributed by atoms with E-state index in [9.17, 15) is 4.79 Å². The average Bonchev–Trinajstić information content (AvgIpc) is 2.51. The summed E-state index contributed by atoms with van der Waals surface area (Å²) < 4.78 is 6.39. The summed E-state index contributed by atoms with van der Waals surface area (Å²) in [7, 11) is 1.77. The molecule has 5 nitrogen and oxygen atoms in total. The predicted molar refractivity (Wildman–Crippen MR) is 51.3 cm³/mol. The van der Waals surface area contributed by atoms with E-state index in [1.165, 1.54) is 0 Å². The molecular formula is C9H13N3O2. The molecule has 0 bridgehead atoms. The van der Waals surface area contributed by atoms with Crippen molar-refractivity contribution in [1.82, 2.24) is 15.0 Å². The number of carbonyl (C=O) groups excluding carboxylic acids is 1. The molecular weight excluding hydrogens is 182 g/mol. The molecule has 0 atom stereocenters. The molecule has 0 amide bonds. The van der Waals surface area contributed by atoms with Gasteiger partial charge in [0, 0.05) is 12.6 Å². The second-order valence-corrected chi connectivity index (χ2v) is 2.86. The molecule has 0 aliphatic rings. The molecule has 0 aromatic carbocycles. The Morgan fingerprint density at radius 1 is 1.71 bits per heavy atom. The molecule has 76 valence electrons. The van der Waals surface area contributed by atoms with Crippen LogP contribution in [0.15, 0.2) is 11.8 Å². The van der Waals surface area contributed by atoms with Crippen molar-refractivity contribution in [2.45, 2.75) is 13.8 Å². The van der Waals surface area contributed by atoms with Crippen LogP contribution < -0.4 is 0 Å². The highest BCUT2D eigenvalue weighted by Crippen LogP contribution is 2.03. The summed E-state index contributed by atoms with van der Waals surface area (Å²) in [6.07, 6.45) is 3.37. The molecule has 0 saturated carbocycles. The standard InChI is InChI=1S/C9H13N3O2/c1-4-14-9(13)7(2)5-8-6-12(3)11-10-8/h5-6H,4H2,1-3H3/b7-5+. The van der Waals surface area contributed by atoms with Crippen LogP contribution in [0.1, 0.15) is 19.5 Å². The maximum Gasteiger partial charge on any atom is 0.333 e. The highest BCUT2D eigenvalue weighted by Gasteiger charge is 2.05. The zero-order valence-electron chi connectivity index (χ0n) is 8.52. The first-order chi connectivity index (χ1) is 6.63. The first kappa shape index (κ1) is 10.4. The first-order valence-electron chi connectivity index (χ1n) is 4.35. The monoisotopic (exact) mass is 195 g/mol. The number of carbonyl (C=O) groups is 1. The smallest absolute Gasteiger partial charge is 0.333 e. The zero-order valence-corrected chi connectivity index (χ0v) is 8.52. The molecule has 0 aliphatic heterocycles. The minimum absolute atomic E-state index is 0.321. The van der Waals surface area contributed by atoms with Crippen molar-refractivity contribution in [2.75, 3.05) is 6.61 Å². The van der Waals surface area contributed by atoms with Gasteiger partial charge in [-0.1, -0.05) is 5.21 Å². The van der Waals surface area contributed by atoms with Gasteiger partial charge in [0.1, 0.15) is 5.69 Å². The molecule has 0 N–H and O–H groups in total. The quantitative estimate of drug-likeness (QED) is 0.528. The van der Waals surface area contributed by atoms with Crippen LogP contribution in [-0.4, -0.2) is 27.6 Å². The SMILES string of the molecule is CCOC(=O)/C(C)=C/c1cn(C)nn1. The molecule has 1 heterocycles. The van der Waals surface area contributed by atoms with Crippen molar-refractivity contribution in [1.29, 1.82) is 0 Å². The molecule has 5 heteroatoms. The van der Waals surface area contributed by atoms with Crippen molar-refractivity contribution in [3.05, 3.63) is 17.5 Å². The van der Waals surface area contributed by atoms with Crippen LogP contribution in [0.25, 0.3) is 6.08 Å². The molecule has 1 aromatic rings. The summed E-state index contributed by atoms with van der Waals surface area (Å²) in [6.45, 7) is 3.84. The van der Waals surface area contributed by atoms with Crippen LogP contribution in [0.4, 0.5) is 0 Å². The molecule has 0 radical (unpaired) electrons. The normalized spacial score (nSPS) is 11.5. The van der Waals surface area contributed by atoms with Gasteiger partial charge >= 0.3 is 5.97 Å². The highest BCUT2D eigenvalue weighted by molar-refractivity contribution is 5.92. The van der Waals surface area contributed by atoms with Gasteiger partial charge in [0.25, 0.3) is 0 Å². The summed E-state index contributed by atoms with van der Waals surface area (Å²) in [5.41, 5.74) is 1.17. The predicted octanol–water partition coefficient (Wildman–Crippen LogP) is 0.782. The number of aromatic nitrogens is 3. The van der Waals surface area contributed by atoms with E-state index in [0.717, 1.165) is 0 Å². The number of aryl methyl sites for hydroxylation is 1. The largest absolute Gasteiger partial charge is 0.463 e. The maximum atomic E-state index is 11.2. The zero-order chi connectivity index (χ0) is 10.6. The lowest BCUT2D eigenvalue weighted by Gasteiger charge is -1.99. The minimum Gasteiger partial charge on any atom is -0.463 e. The summed E-state index contributed by atoms with van der Waals surface area (Å²) in [6, 6.07) is 0. The molecule has 1 aromatic heterocycles. The molecule has 0 spiro atoms. The van der Waals surface area contributed by atoms with Crippen LogP contribution in [0.3, 0.4) is 0 Å². The Hall–Kier alpha value is -1.65. The molecule has 14 heavy (non-hydrogen) atoms. The number of rotatable bonds is 3. The Bertz CT molecular complexity index is 355. The number of hydrogen-bond acceptors (Lipinski definition) is 4. The van der Waals surface area contributed by atoms with E-state index < -0.39 is 0 Å². The third kappa shape index (κ3) is 2.69. The molecule has 0 fully saturated rings. The molecule has 0 aliphatic carbocycles. The van der Waals surface area contributed by atoms with E-state index in [0.29, 0.717) is 17.9 Å². The third-order valence-corrected chi connectivity index (χ3v) is 1.58. The second kappa shape index (κ2) is 4.55. The van der Waals surface area contributed by atoms with Gasteiger partial charge in [-0.25, -0.2) is 4.79 Å². The van der Waals surface area contributed by atoms with Gasteiger partial charge in [0.2, 0.25) is 0 Å². The van der Waals surface area contributed by atoms with Gasteiger partial charge < -0.3 is 4.74 Å². The highest BCUT2D eigenvalue weighted by atomic mass is 16.5. The van der Waals surface area contributed by atoms with Crippen LogP contribution >= 0.6 is 0 Å². The Labute approximate surface area is 82.4 Å². The second-order valence-electron chi connectivity index (χ2n) is 2.86. The van der Waals surface area contributed by atoms with Crippen LogP contribution in [0.2, 0.25) is 0 Å². The van der Waals surface area contributed by atoms with E-state index >= 15 is 0 Å². The van der Waals surface area contributed by atoms with Crippen LogP contribution in [-0.2, 0) is 16.6 Å². The number of esters is 1. The summed E-state index contributed by atoms with van der Waals surface area (Å²) in [4.78, 5) is 11.2. The Morgan fingerprint density at radius 3 is 2.93 bits per heavy atom. The summed E-state index contributed by atoms with van der Waals surface area (Å²) >= 11 is 0. The fraction of sp³-hybridized carbons (Fsp3) is 0.444. The van der Waals surface area contributed by atoms with Gasteiger partial charge in [-0.15, -0.1) is 5.10 Å². The Kier molecular flexibility index (Phi) is 3.39. The third-order valence-electron chi connectivity index (χ3n) is 1.58. The fourth-order valence-corrected chi connectivity index (χ4v) is 0.957. The van der Waals surface area contributed by atoms with Gasteiger partial charge in [0.05, 0.1) is 12.8 Å². The van der Waals surface area contributed by atoms with Crippen LogP contribution in [0, 0.1) is 0 Å². The molecule has 0 unspecified atom stereocenters. The Balaban J connectivity index is 2.73. The topological polar surface area (TPSA) is 57.0 Å². The van der Waals surface area contributed by atoms with Crippen molar-refractivity contribution < 1.29 is 9.53 Å². The van der Waals surface area contributed by atoms with Crippen molar-refractivity contribution in [2.24, 2.45) is 7.05 Å². The molecule has 1 rings (SSSR count). The maximum absolute atomic E-state index is 11.2. The van der Waals surface area contributed by atoms with Gasteiger partial charge in [0.15, 0.2) is 0 Å².